The molecule has 1 N–H and O–H groups in total. The van der Waals surface area contributed by atoms with Crippen LogP contribution in [0.4, 0.5) is 4.79 Å². The largest absolute Gasteiger partial charge is 0.495 e. The molecule has 0 saturated carbocycles. The number of nitrogens with one attached hydrogen (secondary N) is 1. The minimum atomic E-state index is -0.876. The Kier molecular flexibility index (Phi) is 6.69. The predicted octanol–water partition coefficient (Wildman–Crippen LogP) is 2.96. The van der Waals surface area contributed by atoms with E-state index < -0.39 is 23.7 Å². The van der Waals surface area contributed by atoms with Crippen molar-refractivity contribution in [2.24, 2.45) is 0 Å². The van der Waals surface area contributed by atoms with Gasteiger partial charge in [0.25, 0.3) is 0 Å². The maximum Gasteiger partial charge on any atom is 0.408 e. The molecule has 1 atom stereocenters. The van der Waals surface area contributed by atoms with Gasteiger partial charge in [0.05, 0.1) is 19.2 Å². The molecule has 1 aromatic rings. The zero-order valence-corrected chi connectivity index (χ0v) is 14.7. The van der Waals surface area contributed by atoms with E-state index in [0.29, 0.717) is 10.8 Å². The van der Waals surface area contributed by atoms with Crippen LogP contribution in [0.2, 0.25) is 5.02 Å². The summed E-state index contributed by atoms with van der Waals surface area (Å²) in [4.78, 5) is 23.7. The van der Waals surface area contributed by atoms with Crippen LogP contribution in [-0.4, -0.2) is 37.9 Å². The molecule has 0 aromatic heterocycles. The van der Waals surface area contributed by atoms with Gasteiger partial charge in [0.1, 0.15) is 17.4 Å². The number of alkyl carbamates (subject to hydrolysis) is 1. The summed E-state index contributed by atoms with van der Waals surface area (Å²) in [7, 11) is 2.77. The number of carbonyl (C=O) groups is 2. The standard InChI is InChI=1S/C16H22ClNO5/c1-16(2,3)23-15(20)18-12(14(19)22-5)9-10-6-7-13(21-4)11(17)8-10/h6-8,12H,9H2,1-5H3,(H,18,20)/t12-/m1/s1. The number of hydrogen-bond donors (Lipinski definition) is 1. The average Bonchev–Trinajstić information content (AvgIpc) is 2.44. The van der Waals surface area contributed by atoms with E-state index in [1.54, 1.807) is 39.0 Å². The van der Waals surface area contributed by atoms with Crippen LogP contribution in [0.25, 0.3) is 0 Å². The first-order valence-corrected chi connectivity index (χ1v) is 7.44. The van der Waals surface area contributed by atoms with Gasteiger partial charge in [-0.1, -0.05) is 17.7 Å². The number of methoxy groups -OCH3 is 2. The lowest BCUT2D eigenvalue weighted by Gasteiger charge is -2.22. The zero-order valence-electron chi connectivity index (χ0n) is 13.9. The third kappa shape index (κ3) is 6.36. The fourth-order valence-electron chi connectivity index (χ4n) is 1.86. The van der Waals surface area contributed by atoms with Crippen LogP contribution < -0.4 is 10.1 Å². The van der Waals surface area contributed by atoms with Gasteiger partial charge in [-0.25, -0.2) is 9.59 Å². The second-order valence-electron chi connectivity index (χ2n) is 5.89. The fraction of sp³-hybridized carbons (Fsp3) is 0.500. The van der Waals surface area contributed by atoms with Crippen LogP contribution >= 0.6 is 11.6 Å². The highest BCUT2D eigenvalue weighted by atomic mass is 35.5. The molecule has 0 aliphatic heterocycles. The number of halogens is 1. The summed E-state index contributed by atoms with van der Waals surface area (Å²) in [6.07, 6.45) is -0.470. The summed E-state index contributed by atoms with van der Waals surface area (Å²) in [5, 5.41) is 2.93. The normalized spacial score (nSPS) is 12.3. The van der Waals surface area contributed by atoms with Crippen molar-refractivity contribution >= 4 is 23.7 Å². The molecule has 1 amide bonds. The minimum Gasteiger partial charge on any atom is -0.495 e. The molecule has 0 spiro atoms. The molecule has 6 nitrogen and oxygen atoms in total. The molecule has 0 bridgehead atoms. The summed E-state index contributed by atoms with van der Waals surface area (Å²) in [6.45, 7) is 5.22. The number of carbonyl (C=O) groups excluding carboxylic acids is 2. The summed E-state index contributed by atoms with van der Waals surface area (Å²) in [6, 6.07) is 4.25. The number of esters is 1. The molecular formula is C16H22ClNO5. The number of amides is 1. The van der Waals surface area contributed by atoms with Crippen LogP contribution in [0.15, 0.2) is 18.2 Å². The van der Waals surface area contributed by atoms with E-state index in [0.717, 1.165) is 5.56 Å². The third-order valence-electron chi connectivity index (χ3n) is 2.83. The van der Waals surface area contributed by atoms with E-state index in [1.165, 1.54) is 14.2 Å². The molecule has 0 aliphatic carbocycles. The highest BCUT2D eigenvalue weighted by Crippen LogP contribution is 2.25. The van der Waals surface area contributed by atoms with Crippen LogP contribution in [0.3, 0.4) is 0 Å². The Bertz CT molecular complexity index is 568. The second kappa shape index (κ2) is 8.06. The van der Waals surface area contributed by atoms with Gasteiger partial charge >= 0.3 is 12.1 Å². The van der Waals surface area contributed by atoms with Crippen LogP contribution in [-0.2, 0) is 20.7 Å². The molecule has 0 fully saturated rings. The van der Waals surface area contributed by atoms with E-state index in [-0.39, 0.29) is 6.42 Å². The maximum absolute atomic E-state index is 11.9. The Hall–Kier alpha value is -1.95. The molecule has 0 saturated heterocycles. The average molecular weight is 344 g/mol. The van der Waals surface area contributed by atoms with Crippen molar-refractivity contribution in [2.45, 2.75) is 38.8 Å². The van der Waals surface area contributed by atoms with Gasteiger partial charge in [-0.2, -0.15) is 0 Å². The van der Waals surface area contributed by atoms with Crippen LogP contribution in [0.1, 0.15) is 26.3 Å². The van der Waals surface area contributed by atoms with Crippen molar-refractivity contribution < 1.29 is 23.8 Å². The summed E-state index contributed by atoms with van der Waals surface area (Å²) in [5.41, 5.74) is 0.0935. The van der Waals surface area contributed by atoms with Crippen molar-refractivity contribution in [3.63, 3.8) is 0 Å². The summed E-state index contributed by atoms with van der Waals surface area (Å²) < 4.78 is 15.0. The Labute approximate surface area is 141 Å². The SMILES string of the molecule is COC(=O)[C@@H](Cc1ccc(OC)c(Cl)c1)NC(=O)OC(C)(C)C. The quantitative estimate of drug-likeness (QED) is 0.832. The van der Waals surface area contributed by atoms with Crippen molar-refractivity contribution in [1.29, 1.82) is 0 Å². The van der Waals surface area contributed by atoms with Gasteiger partial charge in [0, 0.05) is 6.42 Å². The van der Waals surface area contributed by atoms with Gasteiger partial charge in [0.2, 0.25) is 0 Å². The smallest absolute Gasteiger partial charge is 0.408 e. The van der Waals surface area contributed by atoms with Crippen LogP contribution in [0, 0.1) is 0 Å². The highest BCUT2D eigenvalue weighted by molar-refractivity contribution is 6.32. The third-order valence-corrected chi connectivity index (χ3v) is 3.13. The summed E-state index contributed by atoms with van der Waals surface area (Å²) >= 11 is 6.07. The molecule has 0 heterocycles. The summed E-state index contributed by atoms with van der Waals surface area (Å²) in [5.74, 6) is -0.0343. The Morgan fingerprint density at radius 1 is 1.26 bits per heavy atom. The Morgan fingerprint density at radius 3 is 2.39 bits per heavy atom. The van der Waals surface area contributed by atoms with E-state index in [4.69, 9.17) is 25.8 Å². The van der Waals surface area contributed by atoms with Crippen molar-refractivity contribution in [3.05, 3.63) is 28.8 Å². The van der Waals surface area contributed by atoms with Gasteiger partial charge in [-0.05, 0) is 38.5 Å². The van der Waals surface area contributed by atoms with Gasteiger partial charge < -0.3 is 19.5 Å². The van der Waals surface area contributed by atoms with Crippen molar-refractivity contribution in [2.75, 3.05) is 14.2 Å². The van der Waals surface area contributed by atoms with E-state index in [9.17, 15) is 9.59 Å². The first-order chi connectivity index (χ1) is 10.7. The lowest BCUT2D eigenvalue weighted by atomic mass is 10.1. The highest BCUT2D eigenvalue weighted by Gasteiger charge is 2.25. The molecule has 0 radical (unpaired) electrons. The van der Waals surface area contributed by atoms with Gasteiger partial charge in [-0.15, -0.1) is 0 Å². The number of ether oxygens (including phenoxy) is 3. The lowest BCUT2D eigenvalue weighted by Crippen LogP contribution is -2.45. The number of hydrogen-bond acceptors (Lipinski definition) is 5. The molecule has 7 heteroatoms. The second-order valence-corrected chi connectivity index (χ2v) is 6.30. The number of benzene rings is 1. The zero-order chi connectivity index (χ0) is 17.6. The van der Waals surface area contributed by atoms with Crippen molar-refractivity contribution in [3.8, 4) is 5.75 Å². The molecular weight excluding hydrogens is 322 g/mol. The van der Waals surface area contributed by atoms with Crippen LogP contribution in [0.5, 0.6) is 5.75 Å². The first-order valence-electron chi connectivity index (χ1n) is 7.06. The molecule has 23 heavy (non-hydrogen) atoms. The molecule has 0 unspecified atom stereocenters. The Balaban J connectivity index is 2.85. The molecule has 0 aliphatic rings. The predicted molar refractivity (Wildman–Crippen MR) is 86.9 cm³/mol. The number of rotatable bonds is 5. The van der Waals surface area contributed by atoms with Crippen molar-refractivity contribution in [1.82, 2.24) is 5.32 Å². The molecule has 1 aromatic carbocycles. The monoisotopic (exact) mass is 343 g/mol. The minimum absolute atomic E-state index is 0.218. The Morgan fingerprint density at radius 2 is 1.91 bits per heavy atom. The van der Waals surface area contributed by atoms with E-state index in [2.05, 4.69) is 5.32 Å². The van der Waals surface area contributed by atoms with E-state index in [1.807, 2.05) is 0 Å². The topological polar surface area (TPSA) is 73.9 Å². The van der Waals surface area contributed by atoms with Gasteiger partial charge in [-0.3, -0.25) is 0 Å². The fourth-order valence-corrected chi connectivity index (χ4v) is 2.14. The van der Waals surface area contributed by atoms with Gasteiger partial charge in [0.15, 0.2) is 0 Å². The van der Waals surface area contributed by atoms with E-state index >= 15 is 0 Å². The molecule has 128 valence electrons. The first kappa shape index (κ1) is 19.1. The molecule has 1 rings (SSSR count). The lowest BCUT2D eigenvalue weighted by molar-refractivity contribution is -0.143. The maximum atomic E-state index is 11.9.